The molecule has 0 radical (unpaired) electrons. The molecule has 0 aliphatic rings. The van der Waals surface area contributed by atoms with Crippen molar-refractivity contribution in [3.8, 4) is 0 Å². The number of halogens is 2. The molecule has 2 aromatic carbocycles. The van der Waals surface area contributed by atoms with Crippen molar-refractivity contribution in [2.45, 2.75) is 46.2 Å². The first-order valence-corrected chi connectivity index (χ1v) is 14.1. The van der Waals surface area contributed by atoms with Crippen LogP contribution in [-0.2, 0) is 26.2 Å². The van der Waals surface area contributed by atoms with E-state index >= 15 is 0 Å². The van der Waals surface area contributed by atoms with Crippen molar-refractivity contribution in [2.75, 3.05) is 23.7 Å². The summed E-state index contributed by atoms with van der Waals surface area (Å²) in [5.41, 5.74) is 0.609. The Bertz CT molecular complexity index is 1270. The van der Waals surface area contributed by atoms with Crippen LogP contribution in [0.5, 0.6) is 0 Å². The van der Waals surface area contributed by atoms with E-state index in [4.69, 9.17) is 23.2 Å². The number of benzene rings is 2. The van der Waals surface area contributed by atoms with Gasteiger partial charge in [-0.25, -0.2) is 8.42 Å². The summed E-state index contributed by atoms with van der Waals surface area (Å²) >= 11 is 12.3. The van der Waals surface area contributed by atoms with Crippen LogP contribution in [0.1, 0.15) is 37.8 Å². The molecule has 0 spiro atoms. The number of nitrogens with zero attached hydrogens (tertiary/aromatic N) is 3. The number of amides is 2. The van der Waals surface area contributed by atoms with Crippen LogP contribution in [0.3, 0.4) is 0 Å². The minimum atomic E-state index is -4.05. The molecule has 202 valence electrons. The van der Waals surface area contributed by atoms with E-state index < -0.39 is 33.4 Å². The van der Waals surface area contributed by atoms with Crippen LogP contribution in [0.2, 0.25) is 10.0 Å². The topological polar surface area (TPSA) is 130 Å². The van der Waals surface area contributed by atoms with Gasteiger partial charge in [-0.1, -0.05) is 49.2 Å². The smallest absolute Gasteiger partial charge is 0.271 e. The highest BCUT2D eigenvalue weighted by molar-refractivity contribution is 7.92. The lowest BCUT2D eigenvalue weighted by molar-refractivity contribution is -0.384. The Morgan fingerprint density at radius 2 is 1.81 bits per heavy atom. The number of hydrogen-bond donors (Lipinski definition) is 1. The molecule has 2 rings (SSSR count). The monoisotopic (exact) mass is 572 g/mol. The second-order valence-electron chi connectivity index (χ2n) is 8.47. The highest BCUT2D eigenvalue weighted by Gasteiger charge is 2.32. The Labute approximate surface area is 226 Å². The van der Waals surface area contributed by atoms with Crippen molar-refractivity contribution >= 4 is 56.4 Å². The third-order valence-corrected chi connectivity index (χ3v) is 7.36. The molecule has 0 bridgehead atoms. The van der Waals surface area contributed by atoms with E-state index in [0.717, 1.165) is 16.6 Å². The third kappa shape index (κ3) is 8.05. The maximum Gasteiger partial charge on any atom is 0.271 e. The van der Waals surface area contributed by atoms with Gasteiger partial charge in [0, 0.05) is 35.3 Å². The van der Waals surface area contributed by atoms with Gasteiger partial charge in [-0.15, -0.1) is 0 Å². The van der Waals surface area contributed by atoms with E-state index in [0.29, 0.717) is 29.1 Å². The van der Waals surface area contributed by atoms with Crippen LogP contribution < -0.4 is 9.62 Å². The zero-order valence-corrected chi connectivity index (χ0v) is 23.4. The number of nitro groups is 1. The summed E-state index contributed by atoms with van der Waals surface area (Å²) in [6, 6.07) is 7.58. The molecule has 0 saturated carbocycles. The number of carbonyl (C=O) groups excluding carboxylic acids is 2. The molecule has 0 aliphatic heterocycles. The Balaban J connectivity index is 2.55. The van der Waals surface area contributed by atoms with Gasteiger partial charge < -0.3 is 10.2 Å². The molecule has 2 amide bonds. The van der Waals surface area contributed by atoms with Gasteiger partial charge >= 0.3 is 0 Å². The third-order valence-electron chi connectivity index (χ3n) is 5.64. The van der Waals surface area contributed by atoms with Gasteiger partial charge in [-0.3, -0.25) is 24.0 Å². The number of aryl methyl sites for hydroxylation is 1. The lowest BCUT2D eigenvalue weighted by Gasteiger charge is -2.33. The minimum Gasteiger partial charge on any atom is -0.354 e. The van der Waals surface area contributed by atoms with Crippen LogP contribution in [0, 0.1) is 17.0 Å². The SMILES string of the molecule is CCCNC(=O)[C@H](CC)N(Cc1ccc(Cl)cc1Cl)C(=O)CN(c1cc([N+](=O)[O-])ccc1C)S(C)(=O)=O. The molecule has 0 fully saturated rings. The summed E-state index contributed by atoms with van der Waals surface area (Å²) in [6.45, 7) is 4.85. The molecular formula is C24H30Cl2N4O6S. The number of rotatable bonds is 12. The Hall–Kier alpha value is -2.89. The lowest BCUT2D eigenvalue weighted by Crippen LogP contribution is -2.52. The van der Waals surface area contributed by atoms with E-state index in [1.54, 1.807) is 26.0 Å². The van der Waals surface area contributed by atoms with Gasteiger partial charge in [0.05, 0.1) is 16.9 Å². The number of non-ortho nitro benzene ring substituents is 1. The number of hydrogen-bond acceptors (Lipinski definition) is 6. The average molecular weight is 573 g/mol. The van der Waals surface area contributed by atoms with Crippen molar-refractivity contribution in [1.82, 2.24) is 10.2 Å². The second-order valence-corrected chi connectivity index (χ2v) is 11.2. The maximum atomic E-state index is 13.7. The summed E-state index contributed by atoms with van der Waals surface area (Å²) < 4.78 is 26.3. The summed E-state index contributed by atoms with van der Waals surface area (Å²) in [5.74, 6) is -1.07. The van der Waals surface area contributed by atoms with Gasteiger partial charge in [0.2, 0.25) is 21.8 Å². The van der Waals surface area contributed by atoms with Crippen LogP contribution >= 0.6 is 23.2 Å². The minimum absolute atomic E-state index is 0.00184. The van der Waals surface area contributed by atoms with Crippen molar-refractivity contribution < 1.29 is 22.9 Å². The van der Waals surface area contributed by atoms with E-state index in [9.17, 15) is 28.1 Å². The first-order chi connectivity index (χ1) is 17.3. The first kappa shape index (κ1) is 30.3. The summed E-state index contributed by atoms with van der Waals surface area (Å²) in [5, 5.41) is 14.8. The second kappa shape index (κ2) is 13.1. The molecule has 0 unspecified atom stereocenters. The zero-order valence-electron chi connectivity index (χ0n) is 21.0. The summed E-state index contributed by atoms with van der Waals surface area (Å²) in [6.07, 6.45) is 1.85. The molecule has 1 atom stereocenters. The predicted octanol–water partition coefficient (Wildman–Crippen LogP) is 4.31. The van der Waals surface area contributed by atoms with Crippen LogP contribution in [0.25, 0.3) is 0 Å². The Morgan fingerprint density at radius 3 is 2.35 bits per heavy atom. The normalized spacial score (nSPS) is 12.1. The zero-order chi connectivity index (χ0) is 27.9. The van der Waals surface area contributed by atoms with E-state index in [-0.39, 0.29) is 35.3 Å². The van der Waals surface area contributed by atoms with Gasteiger partial charge in [0.25, 0.3) is 5.69 Å². The lowest BCUT2D eigenvalue weighted by atomic mass is 10.1. The van der Waals surface area contributed by atoms with Crippen LogP contribution in [-0.4, -0.2) is 55.4 Å². The molecule has 0 aliphatic carbocycles. The van der Waals surface area contributed by atoms with E-state index in [1.165, 1.54) is 23.1 Å². The molecule has 13 heteroatoms. The molecule has 37 heavy (non-hydrogen) atoms. The average Bonchev–Trinajstić information content (AvgIpc) is 2.81. The number of nitrogens with one attached hydrogen (secondary N) is 1. The molecule has 2 aromatic rings. The standard InChI is InChI=1S/C24H30Cl2N4O6S/c1-5-11-27-24(32)21(6-2)28(14-17-8-9-18(25)12-20(17)26)23(31)15-29(37(4,35)36)22-13-19(30(33)34)10-7-16(22)3/h7-10,12-13,21H,5-6,11,14-15H2,1-4H3,(H,27,32)/t21-/m0/s1. The largest absolute Gasteiger partial charge is 0.354 e. The molecular weight excluding hydrogens is 543 g/mol. The number of carbonyl (C=O) groups is 2. The van der Waals surface area contributed by atoms with E-state index in [2.05, 4.69) is 5.32 Å². The predicted molar refractivity (Wildman–Crippen MR) is 144 cm³/mol. The highest BCUT2D eigenvalue weighted by atomic mass is 35.5. The molecule has 0 heterocycles. The summed E-state index contributed by atoms with van der Waals surface area (Å²) in [7, 11) is -4.05. The number of anilines is 1. The van der Waals surface area contributed by atoms with Crippen molar-refractivity contribution in [2.24, 2.45) is 0 Å². The number of nitro benzene ring substituents is 1. The van der Waals surface area contributed by atoms with Crippen molar-refractivity contribution in [3.63, 3.8) is 0 Å². The van der Waals surface area contributed by atoms with Crippen molar-refractivity contribution in [1.29, 1.82) is 0 Å². The van der Waals surface area contributed by atoms with Crippen molar-refractivity contribution in [3.05, 3.63) is 67.7 Å². The first-order valence-electron chi connectivity index (χ1n) is 11.5. The van der Waals surface area contributed by atoms with E-state index in [1.807, 2.05) is 6.92 Å². The molecule has 0 saturated heterocycles. The van der Waals surface area contributed by atoms with Crippen LogP contribution in [0.4, 0.5) is 11.4 Å². The summed E-state index contributed by atoms with van der Waals surface area (Å²) in [4.78, 5) is 38.6. The number of sulfonamides is 1. The van der Waals surface area contributed by atoms with Gasteiger partial charge in [0.1, 0.15) is 12.6 Å². The highest BCUT2D eigenvalue weighted by Crippen LogP contribution is 2.29. The molecule has 1 N–H and O–H groups in total. The van der Waals surface area contributed by atoms with Gasteiger partial charge in [-0.2, -0.15) is 0 Å². The maximum absolute atomic E-state index is 13.7. The van der Waals surface area contributed by atoms with Crippen LogP contribution in [0.15, 0.2) is 36.4 Å². The van der Waals surface area contributed by atoms with Gasteiger partial charge in [0.15, 0.2) is 0 Å². The quantitative estimate of drug-likeness (QED) is 0.298. The molecule has 0 aromatic heterocycles. The Kier molecular flexibility index (Phi) is 10.7. The fraction of sp³-hybridized carbons (Fsp3) is 0.417. The van der Waals surface area contributed by atoms with Gasteiger partial charge in [-0.05, 0) is 43.0 Å². The molecule has 10 nitrogen and oxygen atoms in total. The fourth-order valence-electron chi connectivity index (χ4n) is 3.69. The fourth-order valence-corrected chi connectivity index (χ4v) is 5.06. The Morgan fingerprint density at radius 1 is 1.14 bits per heavy atom.